The molecule has 1 heterocycles. The molecule has 0 spiro atoms. The van der Waals surface area contributed by atoms with Crippen molar-refractivity contribution in [3.05, 3.63) is 48.6 Å². The number of quaternary nitrogens is 1. The smallest absolute Gasteiger partial charge is 0.0971 e. The van der Waals surface area contributed by atoms with Crippen LogP contribution in [0.3, 0.4) is 0 Å². The van der Waals surface area contributed by atoms with E-state index in [-0.39, 0.29) is 0 Å². The third-order valence-electron chi connectivity index (χ3n) is 4.16. The Morgan fingerprint density at radius 3 is 2.50 bits per heavy atom. The van der Waals surface area contributed by atoms with Gasteiger partial charge in [0.15, 0.2) is 0 Å². The van der Waals surface area contributed by atoms with E-state index in [1.807, 2.05) is 0 Å². The molecule has 1 heteroatoms. The Balaban J connectivity index is 1.93. The summed E-state index contributed by atoms with van der Waals surface area (Å²) in [7, 11) is 0. The molecular formula is C17H26N+. The zero-order valence-electron chi connectivity index (χ0n) is 11.6. The summed E-state index contributed by atoms with van der Waals surface area (Å²) in [6, 6.07) is 10.9. The molecule has 1 unspecified atom stereocenters. The minimum Gasteiger partial charge on any atom is -0.320 e. The molecule has 1 fully saturated rings. The van der Waals surface area contributed by atoms with E-state index in [2.05, 4.69) is 49.9 Å². The molecule has 1 saturated heterocycles. The van der Waals surface area contributed by atoms with E-state index in [1.165, 1.54) is 48.9 Å². The largest absolute Gasteiger partial charge is 0.320 e. The maximum atomic E-state index is 3.94. The maximum absolute atomic E-state index is 3.94. The van der Waals surface area contributed by atoms with E-state index in [0.29, 0.717) is 0 Å². The van der Waals surface area contributed by atoms with Crippen LogP contribution >= 0.6 is 0 Å². The molecule has 1 aromatic rings. The quantitative estimate of drug-likeness (QED) is 0.529. The molecule has 0 aromatic heterocycles. The predicted octanol–water partition coefficient (Wildman–Crippen LogP) is 3.66. The van der Waals surface area contributed by atoms with Crippen molar-refractivity contribution in [1.82, 2.24) is 0 Å². The summed E-state index contributed by atoms with van der Waals surface area (Å²) in [5, 5.41) is 0. The summed E-state index contributed by atoms with van der Waals surface area (Å²) in [5.41, 5.74) is 1.47. The van der Waals surface area contributed by atoms with E-state index >= 15 is 0 Å². The zero-order valence-corrected chi connectivity index (χ0v) is 11.6. The minimum atomic E-state index is 0.755. The van der Waals surface area contributed by atoms with Crippen LogP contribution in [-0.4, -0.2) is 30.7 Å². The van der Waals surface area contributed by atoms with Gasteiger partial charge in [0.2, 0.25) is 0 Å². The van der Waals surface area contributed by atoms with Gasteiger partial charge in [-0.2, -0.15) is 0 Å². The number of nitrogens with zero attached hydrogens (tertiary/aromatic N) is 1. The fourth-order valence-electron chi connectivity index (χ4n) is 3.46. The lowest BCUT2D eigenvalue weighted by molar-refractivity contribution is -0.914. The first kappa shape index (κ1) is 13.4. The standard InChI is InChI=1S/C17H26N/c1-3-11-18(12-7-8-13-18)15-16(2)14-17-9-5-4-6-10-17/h3-6,9-10,16H,1,7-8,11-15H2,2H3/q+1. The van der Waals surface area contributed by atoms with E-state index in [1.54, 1.807) is 0 Å². The van der Waals surface area contributed by atoms with Crippen molar-refractivity contribution in [2.24, 2.45) is 5.92 Å². The second-order valence-electron chi connectivity index (χ2n) is 5.94. The molecule has 0 N–H and O–H groups in total. The number of benzene rings is 1. The summed E-state index contributed by atoms with van der Waals surface area (Å²) >= 11 is 0. The predicted molar refractivity (Wildman–Crippen MR) is 78.5 cm³/mol. The van der Waals surface area contributed by atoms with Crippen molar-refractivity contribution in [2.45, 2.75) is 26.2 Å². The second-order valence-corrected chi connectivity index (χ2v) is 5.94. The topological polar surface area (TPSA) is 0 Å². The molecule has 98 valence electrons. The average molecular weight is 244 g/mol. The van der Waals surface area contributed by atoms with Gasteiger partial charge in [-0.1, -0.05) is 43.8 Å². The lowest BCUT2D eigenvalue weighted by Crippen LogP contribution is -2.48. The van der Waals surface area contributed by atoms with Crippen LogP contribution in [0.15, 0.2) is 43.0 Å². The number of likely N-dealkylation sites (tertiary alicyclic amines) is 1. The molecule has 0 saturated carbocycles. The van der Waals surface area contributed by atoms with Crippen molar-refractivity contribution in [2.75, 3.05) is 26.2 Å². The molecule has 1 aromatic carbocycles. The lowest BCUT2D eigenvalue weighted by atomic mass is 10.00. The Morgan fingerprint density at radius 2 is 1.89 bits per heavy atom. The monoisotopic (exact) mass is 244 g/mol. The van der Waals surface area contributed by atoms with Crippen molar-refractivity contribution < 1.29 is 4.48 Å². The van der Waals surface area contributed by atoms with Crippen molar-refractivity contribution in [1.29, 1.82) is 0 Å². The molecule has 0 amide bonds. The highest BCUT2D eigenvalue weighted by molar-refractivity contribution is 5.15. The third kappa shape index (κ3) is 3.46. The molecular weight excluding hydrogens is 218 g/mol. The Kier molecular flexibility index (Phi) is 4.60. The summed E-state index contributed by atoms with van der Waals surface area (Å²) in [6.45, 7) is 11.5. The van der Waals surface area contributed by atoms with Gasteiger partial charge >= 0.3 is 0 Å². The molecule has 0 radical (unpaired) electrons. The summed E-state index contributed by atoms with van der Waals surface area (Å²) < 4.78 is 1.28. The second kappa shape index (κ2) is 6.19. The minimum absolute atomic E-state index is 0.755. The van der Waals surface area contributed by atoms with Crippen LogP contribution in [-0.2, 0) is 6.42 Å². The molecule has 0 bridgehead atoms. The lowest BCUT2D eigenvalue weighted by Gasteiger charge is -2.35. The Morgan fingerprint density at radius 1 is 1.22 bits per heavy atom. The van der Waals surface area contributed by atoms with Crippen LogP contribution < -0.4 is 0 Å². The third-order valence-corrected chi connectivity index (χ3v) is 4.16. The van der Waals surface area contributed by atoms with E-state index < -0.39 is 0 Å². The van der Waals surface area contributed by atoms with Crippen molar-refractivity contribution in [3.8, 4) is 0 Å². The van der Waals surface area contributed by atoms with E-state index in [9.17, 15) is 0 Å². The van der Waals surface area contributed by atoms with Gasteiger partial charge in [0, 0.05) is 18.8 Å². The van der Waals surface area contributed by atoms with Gasteiger partial charge in [0.25, 0.3) is 0 Å². The highest BCUT2D eigenvalue weighted by Gasteiger charge is 2.32. The maximum Gasteiger partial charge on any atom is 0.0971 e. The van der Waals surface area contributed by atoms with Crippen LogP contribution in [0.4, 0.5) is 0 Å². The highest BCUT2D eigenvalue weighted by Crippen LogP contribution is 2.23. The first-order valence-corrected chi connectivity index (χ1v) is 7.24. The van der Waals surface area contributed by atoms with Gasteiger partial charge in [0.05, 0.1) is 26.2 Å². The van der Waals surface area contributed by atoms with Crippen LogP contribution in [0.1, 0.15) is 25.3 Å². The molecule has 1 atom stereocenters. The van der Waals surface area contributed by atoms with Gasteiger partial charge in [-0.05, 0) is 18.1 Å². The van der Waals surface area contributed by atoms with E-state index in [0.717, 1.165) is 12.5 Å². The van der Waals surface area contributed by atoms with Gasteiger partial charge in [-0.25, -0.2) is 0 Å². The summed E-state index contributed by atoms with van der Waals surface area (Å²) in [6.07, 6.45) is 6.11. The normalized spacial score (nSPS) is 19.6. The fourth-order valence-corrected chi connectivity index (χ4v) is 3.46. The van der Waals surface area contributed by atoms with Gasteiger partial charge < -0.3 is 4.48 Å². The number of hydrogen-bond acceptors (Lipinski definition) is 0. The van der Waals surface area contributed by atoms with Crippen LogP contribution in [0.25, 0.3) is 0 Å². The summed E-state index contributed by atoms with van der Waals surface area (Å²) in [5.74, 6) is 0.755. The average Bonchev–Trinajstić information content (AvgIpc) is 2.79. The van der Waals surface area contributed by atoms with Crippen LogP contribution in [0, 0.1) is 5.92 Å². The summed E-state index contributed by atoms with van der Waals surface area (Å²) in [4.78, 5) is 0. The number of hydrogen-bond donors (Lipinski definition) is 0. The molecule has 1 aliphatic heterocycles. The first-order chi connectivity index (χ1) is 8.74. The highest BCUT2D eigenvalue weighted by atomic mass is 15.4. The van der Waals surface area contributed by atoms with Crippen molar-refractivity contribution in [3.63, 3.8) is 0 Å². The number of rotatable bonds is 6. The van der Waals surface area contributed by atoms with E-state index in [4.69, 9.17) is 0 Å². The van der Waals surface area contributed by atoms with Crippen LogP contribution in [0.2, 0.25) is 0 Å². The molecule has 18 heavy (non-hydrogen) atoms. The Hall–Kier alpha value is -1.08. The SMILES string of the molecule is C=CC[N+]1(CC(C)Cc2ccccc2)CCCC1. The van der Waals surface area contributed by atoms with Gasteiger partial charge in [0.1, 0.15) is 0 Å². The fraction of sp³-hybridized carbons (Fsp3) is 0.529. The van der Waals surface area contributed by atoms with Crippen molar-refractivity contribution >= 4 is 0 Å². The Bertz CT molecular complexity index is 362. The first-order valence-electron chi connectivity index (χ1n) is 7.24. The zero-order chi connectivity index (χ0) is 12.8. The molecule has 1 nitrogen and oxygen atoms in total. The molecule has 1 aliphatic rings. The Labute approximate surface area is 112 Å². The van der Waals surface area contributed by atoms with Gasteiger partial charge in [-0.3, -0.25) is 0 Å². The molecule has 0 aliphatic carbocycles. The molecule has 2 rings (SSSR count). The van der Waals surface area contributed by atoms with Gasteiger partial charge in [-0.15, -0.1) is 0 Å². The van der Waals surface area contributed by atoms with Crippen LogP contribution in [0.5, 0.6) is 0 Å².